The molecule has 4 rings (SSSR count). The number of carbonyl (C=O) groups is 2. The lowest BCUT2D eigenvalue weighted by Crippen LogP contribution is -2.27. The number of methoxy groups -OCH3 is 1. The van der Waals surface area contributed by atoms with Gasteiger partial charge in [0, 0.05) is 16.9 Å². The molecule has 0 bridgehead atoms. The highest BCUT2D eigenvalue weighted by molar-refractivity contribution is 8.00. The lowest BCUT2D eigenvalue weighted by Gasteiger charge is -2.25. The predicted octanol–water partition coefficient (Wildman–Crippen LogP) is 5.03. The van der Waals surface area contributed by atoms with Crippen LogP contribution in [-0.4, -0.2) is 24.7 Å². The molecule has 3 aromatic carbocycles. The van der Waals surface area contributed by atoms with E-state index in [1.54, 1.807) is 43.1 Å². The van der Waals surface area contributed by atoms with E-state index in [4.69, 9.17) is 4.74 Å². The highest BCUT2D eigenvalue weighted by atomic mass is 32.2. The summed E-state index contributed by atoms with van der Waals surface area (Å²) in [4.78, 5) is 26.8. The molecular formula is C24H22N2O3S. The minimum absolute atomic E-state index is 0.0781. The van der Waals surface area contributed by atoms with Crippen molar-refractivity contribution in [1.29, 1.82) is 0 Å². The first-order valence-electron chi connectivity index (χ1n) is 9.61. The zero-order valence-corrected chi connectivity index (χ0v) is 17.6. The molecule has 30 heavy (non-hydrogen) atoms. The van der Waals surface area contributed by atoms with Gasteiger partial charge in [-0.1, -0.05) is 24.3 Å². The first kappa shape index (κ1) is 20.0. The van der Waals surface area contributed by atoms with Gasteiger partial charge in [-0.25, -0.2) is 0 Å². The Morgan fingerprint density at radius 1 is 1.07 bits per heavy atom. The number of hydrogen-bond acceptors (Lipinski definition) is 4. The van der Waals surface area contributed by atoms with Crippen molar-refractivity contribution >= 4 is 35.0 Å². The molecule has 5 nitrogen and oxygen atoms in total. The van der Waals surface area contributed by atoms with E-state index < -0.39 is 0 Å². The van der Waals surface area contributed by atoms with Gasteiger partial charge in [-0.05, 0) is 66.6 Å². The molecule has 1 saturated heterocycles. The molecule has 1 heterocycles. The Bertz CT molecular complexity index is 1060. The predicted molar refractivity (Wildman–Crippen MR) is 121 cm³/mol. The smallest absolute Gasteiger partial charge is 0.255 e. The molecule has 1 aliphatic rings. The molecule has 3 aromatic rings. The van der Waals surface area contributed by atoms with Gasteiger partial charge in [-0.3, -0.25) is 14.5 Å². The largest absolute Gasteiger partial charge is 0.497 e. The fourth-order valence-corrected chi connectivity index (χ4v) is 4.58. The van der Waals surface area contributed by atoms with Crippen molar-refractivity contribution in [3.05, 3.63) is 89.5 Å². The quantitative estimate of drug-likeness (QED) is 0.631. The average molecular weight is 419 g/mol. The maximum atomic E-state index is 12.5. The number of amides is 2. The Hall–Kier alpha value is -3.25. The number of anilines is 2. The summed E-state index contributed by atoms with van der Waals surface area (Å²) in [7, 11) is 1.59. The number of nitrogens with one attached hydrogen (secondary N) is 1. The number of ether oxygens (including phenoxy) is 1. The summed E-state index contributed by atoms with van der Waals surface area (Å²) < 4.78 is 5.12. The van der Waals surface area contributed by atoms with E-state index in [1.165, 1.54) is 0 Å². The van der Waals surface area contributed by atoms with E-state index in [9.17, 15) is 9.59 Å². The van der Waals surface area contributed by atoms with Gasteiger partial charge in [0.2, 0.25) is 5.91 Å². The van der Waals surface area contributed by atoms with Crippen LogP contribution in [0.2, 0.25) is 0 Å². The van der Waals surface area contributed by atoms with Crippen LogP contribution in [0.25, 0.3) is 0 Å². The van der Waals surface area contributed by atoms with Crippen LogP contribution >= 0.6 is 11.8 Å². The van der Waals surface area contributed by atoms with Crippen molar-refractivity contribution in [2.75, 3.05) is 23.1 Å². The van der Waals surface area contributed by atoms with Crippen molar-refractivity contribution in [2.24, 2.45) is 0 Å². The van der Waals surface area contributed by atoms with E-state index >= 15 is 0 Å². The zero-order valence-electron chi connectivity index (χ0n) is 16.8. The van der Waals surface area contributed by atoms with Gasteiger partial charge in [0.05, 0.1) is 12.9 Å². The van der Waals surface area contributed by atoms with Crippen molar-refractivity contribution in [3.63, 3.8) is 0 Å². The molecule has 0 radical (unpaired) electrons. The molecule has 1 aliphatic heterocycles. The second-order valence-corrected chi connectivity index (χ2v) is 8.14. The first-order valence-corrected chi connectivity index (χ1v) is 10.7. The summed E-state index contributed by atoms with van der Waals surface area (Å²) in [6.07, 6.45) is 0. The fraction of sp³-hybridized carbons (Fsp3) is 0.167. The minimum atomic E-state index is -0.183. The fourth-order valence-electron chi connectivity index (χ4n) is 3.40. The standard InChI is InChI=1S/C24H22N2O3S/c1-16-4-3-5-20(14-16)26-22(27)15-30-24(26)18-6-10-19(11-7-18)25-23(28)17-8-12-21(29-2)13-9-17/h3-14,24H,15H2,1-2H3,(H,25,28)/t24-/m1/s1. The van der Waals surface area contributed by atoms with Gasteiger partial charge in [0.1, 0.15) is 11.1 Å². The number of hydrogen-bond donors (Lipinski definition) is 1. The molecule has 6 heteroatoms. The molecule has 0 unspecified atom stereocenters. The number of nitrogens with zero attached hydrogens (tertiary/aromatic N) is 1. The Kier molecular flexibility index (Phi) is 5.77. The third-order valence-corrected chi connectivity index (χ3v) is 6.17. The minimum Gasteiger partial charge on any atom is -0.497 e. The lowest BCUT2D eigenvalue weighted by atomic mass is 10.1. The third kappa shape index (κ3) is 4.19. The molecule has 2 amide bonds. The Labute approximate surface area is 180 Å². The number of carbonyl (C=O) groups excluding carboxylic acids is 2. The van der Waals surface area contributed by atoms with Crippen LogP contribution in [0.1, 0.15) is 26.9 Å². The maximum absolute atomic E-state index is 12.5. The summed E-state index contributed by atoms with van der Waals surface area (Å²) >= 11 is 1.61. The highest BCUT2D eigenvalue weighted by Crippen LogP contribution is 2.42. The molecule has 0 aliphatic carbocycles. The van der Waals surface area contributed by atoms with Crippen LogP contribution in [0.3, 0.4) is 0 Å². The van der Waals surface area contributed by atoms with Crippen LogP contribution in [-0.2, 0) is 4.79 Å². The molecule has 0 aromatic heterocycles. The Morgan fingerprint density at radius 2 is 1.80 bits per heavy atom. The molecular weight excluding hydrogens is 396 g/mol. The number of thioether (sulfide) groups is 1. The van der Waals surface area contributed by atoms with Gasteiger partial charge in [0.25, 0.3) is 5.91 Å². The molecule has 1 N–H and O–H groups in total. The second kappa shape index (κ2) is 8.63. The van der Waals surface area contributed by atoms with Gasteiger partial charge in [-0.2, -0.15) is 0 Å². The van der Waals surface area contributed by atoms with Crippen LogP contribution < -0.4 is 15.0 Å². The maximum Gasteiger partial charge on any atom is 0.255 e. The number of aryl methyl sites for hydroxylation is 1. The van der Waals surface area contributed by atoms with Crippen molar-refractivity contribution in [2.45, 2.75) is 12.3 Å². The van der Waals surface area contributed by atoms with E-state index in [2.05, 4.69) is 5.32 Å². The monoisotopic (exact) mass is 418 g/mol. The average Bonchev–Trinajstić information content (AvgIpc) is 3.15. The normalized spacial score (nSPS) is 15.9. The SMILES string of the molecule is COc1ccc(C(=O)Nc2ccc([C@H]3SCC(=O)N3c3cccc(C)c3)cc2)cc1. The third-order valence-electron chi connectivity index (χ3n) is 4.95. The summed E-state index contributed by atoms with van der Waals surface area (Å²) in [6, 6.07) is 22.6. The first-order chi connectivity index (χ1) is 14.5. The molecule has 1 fully saturated rings. The zero-order chi connectivity index (χ0) is 21.1. The second-order valence-electron chi connectivity index (χ2n) is 7.07. The van der Waals surface area contributed by atoms with Gasteiger partial charge in [0.15, 0.2) is 0 Å². The number of benzene rings is 3. The van der Waals surface area contributed by atoms with E-state index in [1.807, 2.05) is 60.4 Å². The van der Waals surface area contributed by atoms with E-state index in [-0.39, 0.29) is 17.2 Å². The number of rotatable bonds is 5. The van der Waals surface area contributed by atoms with Crippen LogP contribution in [0.4, 0.5) is 11.4 Å². The van der Waals surface area contributed by atoms with Gasteiger partial charge in [-0.15, -0.1) is 11.8 Å². The van der Waals surface area contributed by atoms with Crippen LogP contribution in [0.5, 0.6) is 5.75 Å². The van der Waals surface area contributed by atoms with Crippen molar-refractivity contribution < 1.29 is 14.3 Å². The molecule has 1 atom stereocenters. The lowest BCUT2D eigenvalue weighted by molar-refractivity contribution is -0.115. The molecule has 152 valence electrons. The summed E-state index contributed by atoms with van der Waals surface area (Å²) in [6.45, 7) is 2.02. The molecule has 0 saturated carbocycles. The Morgan fingerprint density at radius 3 is 2.47 bits per heavy atom. The summed E-state index contributed by atoms with van der Waals surface area (Å²) in [5.74, 6) is 1.08. The van der Waals surface area contributed by atoms with Crippen molar-refractivity contribution in [3.8, 4) is 5.75 Å². The van der Waals surface area contributed by atoms with Crippen LogP contribution in [0, 0.1) is 6.92 Å². The topological polar surface area (TPSA) is 58.6 Å². The van der Waals surface area contributed by atoms with Crippen molar-refractivity contribution in [1.82, 2.24) is 0 Å². The Balaban J connectivity index is 1.49. The highest BCUT2D eigenvalue weighted by Gasteiger charge is 2.34. The van der Waals surface area contributed by atoms with Gasteiger partial charge >= 0.3 is 0 Å². The molecule has 0 spiro atoms. The van der Waals surface area contributed by atoms with E-state index in [0.717, 1.165) is 16.8 Å². The van der Waals surface area contributed by atoms with Gasteiger partial charge < -0.3 is 10.1 Å². The van der Waals surface area contributed by atoms with Crippen LogP contribution in [0.15, 0.2) is 72.8 Å². The summed E-state index contributed by atoms with van der Waals surface area (Å²) in [5.41, 5.74) is 4.31. The summed E-state index contributed by atoms with van der Waals surface area (Å²) in [5, 5.41) is 2.83. The van der Waals surface area contributed by atoms with E-state index in [0.29, 0.717) is 22.8 Å².